The van der Waals surface area contributed by atoms with E-state index >= 15 is 4.39 Å². The highest BCUT2D eigenvalue weighted by atomic mass is 32.2. The predicted molar refractivity (Wildman–Crippen MR) is 208 cm³/mol. The van der Waals surface area contributed by atoms with Gasteiger partial charge in [-0.15, -0.1) is 0 Å². The SMILES string of the molecule is C=C(C)[C@@H]1CCC2(NCCCN3CCS(=O)(=O)CC3)CC[C@]3(C)[C@H](CC[C@@H]4[C@@]5(C)CC=C(c6ccc(C(=O)OC)c(F)c6)C(C)(C)[C@@H]5CC[C@]43C)[C@@H]12. The molecule has 5 fully saturated rings. The molecule has 0 aromatic heterocycles. The summed E-state index contributed by atoms with van der Waals surface area (Å²) >= 11 is 0. The topological polar surface area (TPSA) is 75.7 Å². The number of sulfone groups is 1. The van der Waals surface area contributed by atoms with Crippen LogP contribution in [0.4, 0.5) is 4.39 Å². The molecule has 1 aromatic carbocycles. The van der Waals surface area contributed by atoms with Gasteiger partial charge >= 0.3 is 5.97 Å². The number of rotatable bonds is 8. The smallest absolute Gasteiger partial charge is 0.340 e. The standard InChI is InChI=1S/C44H65FN2O4S/c1-29(2)31-14-19-44(46-22-9-23-47-24-26-52(49,50)27-25-47)21-20-42(6)34(38(31)44)12-13-37-41(5)17-15-33(40(3,4)36(41)16-18-43(37,42)7)30-10-11-32(35(45)28-30)39(48)51-8/h10-11,15,28,31,34,36-38,46H,1,9,12-14,16-27H2,2-8H3/t31-,34+,36-,37+,38+,41-,42+,43+,44?/m0/s1. The van der Waals surface area contributed by atoms with Crippen LogP contribution in [-0.4, -0.2) is 69.6 Å². The van der Waals surface area contributed by atoms with Gasteiger partial charge in [-0.05, 0) is 159 Å². The fraction of sp³-hybridized carbons (Fsp3) is 0.750. The van der Waals surface area contributed by atoms with E-state index in [-0.39, 0.29) is 32.8 Å². The van der Waals surface area contributed by atoms with Gasteiger partial charge in [0.2, 0.25) is 0 Å². The molecule has 0 spiro atoms. The number of ether oxygens (including phenoxy) is 1. The minimum absolute atomic E-state index is 0.0106. The Labute approximate surface area is 313 Å². The molecule has 0 amide bonds. The molecule has 1 unspecified atom stereocenters. The zero-order valence-corrected chi connectivity index (χ0v) is 33.9. The van der Waals surface area contributed by atoms with Gasteiger partial charge in [0.05, 0.1) is 24.2 Å². The molecule has 1 heterocycles. The molecule has 4 saturated carbocycles. The minimum Gasteiger partial charge on any atom is -0.465 e. The van der Waals surface area contributed by atoms with Gasteiger partial charge in [-0.1, -0.05) is 58.9 Å². The molecule has 1 N–H and O–H groups in total. The van der Waals surface area contributed by atoms with E-state index in [0.717, 1.165) is 31.5 Å². The van der Waals surface area contributed by atoms with E-state index in [2.05, 4.69) is 64.4 Å². The number of fused-ring (bicyclic) bond motifs is 7. The van der Waals surface area contributed by atoms with E-state index < -0.39 is 21.6 Å². The number of esters is 1. The number of hydrogen-bond acceptors (Lipinski definition) is 6. The number of carbonyl (C=O) groups is 1. The number of halogens is 1. The number of nitrogens with zero attached hydrogens (tertiary/aromatic N) is 1. The van der Waals surface area contributed by atoms with Gasteiger partial charge in [0, 0.05) is 18.6 Å². The molecular weight excluding hydrogens is 672 g/mol. The first-order chi connectivity index (χ1) is 24.4. The second-order valence-electron chi connectivity index (χ2n) is 19.3. The third-order valence-corrected chi connectivity index (χ3v) is 18.5. The van der Waals surface area contributed by atoms with Crippen LogP contribution in [0.1, 0.15) is 122 Å². The zero-order chi connectivity index (χ0) is 37.5. The summed E-state index contributed by atoms with van der Waals surface area (Å²) in [6, 6.07) is 5.04. The van der Waals surface area contributed by atoms with E-state index in [1.54, 1.807) is 12.1 Å². The number of hydrogen-bond donors (Lipinski definition) is 1. The Morgan fingerprint density at radius 3 is 2.38 bits per heavy atom. The molecule has 288 valence electrons. The molecule has 1 aliphatic heterocycles. The number of carbonyl (C=O) groups excluding carboxylic acids is 1. The number of allylic oxidation sites excluding steroid dienone is 3. The molecule has 1 saturated heterocycles. The molecule has 0 bridgehead atoms. The lowest BCUT2D eigenvalue weighted by atomic mass is 9.33. The van der Waals surface area contributed by atoms with Crippen LogP contribution >= 0.6 is 0 Å². The van der Waals surface area contributed by atoms with Gasteiger partial charge in [-0.25, -0.2) is 17.6 Å². The monoisotopic (exact) mass is 736 g/mol. The Morgan fingerprint density at radius 2 is 1.71 bits per heavy atom. The number of nitrogens with one attached hydrogen (secondary N) is 1. The van der Waals surface area contributed by atoms with E-state index in [9.17, 15) is 13.2 Å². The Balaban J connectivity index is 1.12. The van der Waals surface area contributed by atoms with Gasteiger partial charge in [-0.3, -0.25) is 0 Å². The Bertz CT molecular complexity index is 1720. The molecule has 6 nitrogen and oxygen atoms in total. The molecule has 0 radical (unpaired) electrons. The van der Waals surface area contributed by atoms with Crippen molar-refractivity contribution in [2.45, 2.75) is 111 Å². The lowest BCUT2D eigenvalue weighted by Crippen LogP contribution is -2.68. The van der Waals surface area contributed by atoms with Gasteiger partial charge in [0.25, 0.3) is 0 Å². The van der Waals surface area contributed by atoms with E-state index in [1.165, 1.54) is 69.6 Å². The normalized spacial score (nSPS) is 40.8. The minimum atomic E-state index is -2.85. The van der Waals surface area contributed by atoms with Crippen molar-refractivity contribution in [3.8, 4) is 0 Å². The van der Waals surface area contributed by atoms with Crippen LogP contribution in [0.2, 0.25) is 0 Å². The van der Waals surface area contributed by atoms with E-state index in [1.807, 2.05) is 6.07 Å². The highest BCUT2D eigenvalue weighted by Crippen LogP contribution is 2.76. The van der Waals surface area contributed by atoms with Crippen LogP contribution < -0.4 is 5.32 Å². The Kier molecular flexibility index (Phi) is 9.80. The quantitative estimate of drug-likeness (QED) is 0.164. The van der Waals surface area contributed by atoms with Crippen LogP contribution in [0, 0.1) is 57.1 Å². The summed E-state index contributed by atoms with van der Waals surface area (Å²) < 4.78 is 43.9. The van der Waals surface area contributed by atoms with Crippen molar-refractivity contribution in [1.29, 1.82) is 0 Å². The number of methoxy groups -OCH3 is 1. The van der Waals surface area contributed by atoms with Gasteiger partial charge in [0.1, 0.15) is 5.82 Å². The van der Waals surface area contributed by atoms with E-state index in [0.29, 0.717) is 54.2 Å². The van der Waals surface area contributed by atoms with Gasteiger partial charge in [-0.2, -0.15) is 0 Å². The van der Waals surface area contributed by atoms with Crippen molar-refractivity contribution in [2.24, 2.45) is 51.2 Å². The molecule has 52 heavy (non-hydrogen) atoms. The molecule has 1 aromatic rings. The highest BCUT2D eigenvalue weighted by Gasteiger charge is 2.70. The summed E-state index contributed by atoms with van der Waals surface area (Å²) in [5.74, 6) is 2.37. The Hall–Kier alpha value is -2.03. The highest BCUT2D eigenvalue weighted by molar-refractivity contribution is 7.91. The van der Waals surface area contributed by atoms with Crippen molar-refractivity contribution in [1.82, 2.24) is 10.2 Å². The maximum Gasteiger partial charge on any atom is 0.340 e. The summed E-state index contributed by atoms with van der Waals surface area (Å²) in [5, 5.41) is 4.23. The first kappa shape index (κ1) is 38.3. The van der Waals surface area contributed by atoms with Crippen molar-refractivity contribution in [2.75, 3.05) is 44.8 Å². The van der Waals surface area contributed by atoms with Crippen molar-refractivity contribution in [3.63, 3.8) is 0 Å². The van der Waals surface area contributed by atoms with Crippen molar-refractivity contribution < 1.29 is 22.3 Å². The first-order valence-electron chi connectivity index (χ1n) is 20.3. The Morgan fingerprint density at radius 1 is 0.981 bits per heavy atom. The second kappa shape index (κ2) is 13.3. The van der Waals surface area contributed by atoms with Crippen LogP contribution in [0.5, 0.6) is 0 Å². The van der Waals surface area contributed by atoms with Crippen LogP contribution in [0.15, 0.2) is 36.4 Å². The zero-order valence-electron chi connectivity index (χ0n) is 33.1. The summed E-state index contributed by atoms with van der Waals surface area (Å²) in [6.07, 6.45) is 14.4. The van der Waals surface area contributed by atoms with E-state index in [4.69, 9.17) is 4.74 Å². The molecule has 5 aliphatic carbocycles. The fourth-order valence-corrected chi connectivity index (χ4v) is 15.4. The molecule has 7 rings (SSSR count). The predicted octanol–water partition coefficient (Wildman–Crippen LogP) is 8.73. The maximum atomic E-state index is 15.2. The van der Waals surface area contributed by atoms with Crippen LogP contribution in [-0.2, 0) is 14.6 Å². The van der Waals surface area contributed by atoms with Gasteiger partial charge < -0.3 is 15.0 Å². The van der Waals surface area contributed by atoms with Crippen LogP contribution in [0.25, 0.3) is 5.57 Å². The van der Waals surface area contributed by atoms with Gasteiger partial charge in [0.15, 0.2) is 9.84 Å². The molecule has 6 aliphatic rings. The summed E-state index contributed by atoms with van der Waals surface area (Å²) in [5.41, 5.74) is 4.11. The summed E-state index contributed by atoms with van der Waals surface area (Å²) in [4.78, 5) is 14.5. The maximum absolute atomic E-state index is 15.2. The second-order valence-corrected chi connectivity index (χ2v) is 21.6. The molecular formula is C44H65FN2O4S. The molecule has 8 heteroatoms. The molecule has 9 atom stereocenters. The third-order valence-electron chi connectivity index (χ3n) is 16.9. The third kappa shape index (κ3) is 5.90. The average Bonchev–Trinajstić information content (AvgIpc) is 3.47. The summed E-state index contributed by atoms with van der Waals surface area (Å²) in [7, 11) is -1.56. The first-order valence-corrected chi connectivity index (χ1v) is 22.2. The fourth-order valence-electron chi connectivity index (χ4n) is 14.1. The van der Waals surface area contributed by atoms with Crippen molar-refractivity contribution in [3.05, 3.63) is 53.4 Å². The lowest BCUT2D eigenvalue weighted by molar-refractivity contribution is -0.219. The van der Waals surface area contributed by atoms with Crippen LogP contribution in [0.3, 0.4) is 0 Å². The largest absolute Gasteiger partial charge is 0.465 e. The van der Waals surface area contributed by atoms with Crippen molar-refractivity contribution >= 4 is 21.4 Å². The summed E-state index contributed by atoms with van der Waals surface area (Å²) in [6.45, 7) is 22.9. The lowest BCUT2D eigenvalue weighted by Gasteiger charge is -2.72. The number of benzene rings is 1. The average molecular weight is 737 g/mol.